The first kappa shape index (κ1) is 23.4. The highest BCUT2D eigenvalue weighted by atomic mass is 32.2. The van der Waals surface area contributed by atoms with Crippen LogP contribution in [0.25, 0.3) is 0 Å². The van der Waals surface area contributed by atoms with E-state index in [9.17, 15) is 13.2 Å². The van der Waals surface area contributed by atoms with Crippen molar-refractivity contribution in [3.63, 3.8) is 0 Å². The summed E-state index contributed by atoms with van der Waals surface area (Å²) >= 11 is 0. The normalized spacial score (nSPS) is 13.3. The molecule has 0 fully saturated rings. The summed E-state index contributed by atoms with van der Waals surface area (Å²) in [5.74, 6) is -0.654. The molecule has 0 heterocycles. The Kier molecular flexibility index (Phi) is 13.3. The third-order valence-corrected chi connectivity index (χ3v) is 5.54. The molecule has 0 saturated carbocycles. The summed E-state index contributed by atoms with van der Waals surface area (Å²) in [5.41, 5.74) is 0. The number of unbranched alkanes of at least 4 members (excludes halogenated alkanes) is 10. The smallest absolute Gasteiger partial charge is 0.324 e. The summed E-state index contributed by atoms with van der Waals surface area (Å²) in [7, 11) is -4.48. The zero-order chi connectivity index (χ0) is 18.4. The van der Waals surface area contributed by atoms with Crippen LogP contribution in [-0.4, -0.2) is 29.3 Å². The summed E-state index contributed by atoms with van der Waals surface area (Å²) in [6.45, 7) is 4.54. The molecule has 1 unspecified atom stereocenters. The van der Waals surface area contributed by atoms with Crippen molar-refractivity contribution in [2.75, 3.05) is 0 Å². The van der Waals surface area contributed by atoms with E-state index in [1.165, 1.54) is 51.4 Å². The molecule has 0 aliphatic carbocycles. The number of carbonyl (C=O) groups is 1. The first-order valence-electron chi connectivity index (χ1n) is 9.44. The fourth-order valence-electron chi connectivity index (χ4n) is 2.87. The van der Waals surface area contributed by atoms with E-state index in [1.54, 1.807) is 0 Å². The predicted molar refractivity (Wildman–Crippen MR) is 97.8 cm³/mol. The summed E-state index contributed by atoms with van der Waals surface area (Å²) in [6.07, 6.45) is 13.8. The molecule has 1 atom stereocenters. The van der Waals surface area contributed by atoms with Crippen LogP contribution in [0.15, 0.2) is 0 Å². The van der Waals surface area contributed by atoms with E-state index in [1.807, 2.05) is 0 Å². The quantitative estimate of drug-likeness (QED) is 0.295. The largest absolute Gasteiger partial charge is 0.480 e. The maximum Gasteiger partial charge on any atom is 0.324 e. The second-order valence-electron chi connectivity index (χ2n) is 7.20. The van der Waals surface area contributed by atoms with E-state index in [0.29, 0.717) is 6.42 Å². The van der Waals surface area contributed by atoms with Crippen LogP contribution < -0.4 is 0 Å². The van der Waals surface area contributed by atoms with E-state index in [2.05, 4.69) is 13.8 Å². The first-order valence-corrected chi connectivity index (χ1v) is 10.9. The number of rotatable bonds is 16. The molecule has 6 heteroatoms. The fourth-order valence-corrected chi connectivity index (χ4v) is 3.59. The summed E-state index contributed by atoms with van der Waals surface area (Å²) in [5, 5.41) is 7.10. The lowest BCUT2D eigenvalue weighted by atomic mass is 10.0. The molecule has 5 nitrogen and oxygen atoms in total. The van der Waals surface area contributed by atoms with Gasteiger partial charge in [-0.3, -0.25) is 9.35 Å². The molecule has 2 N–H and O–H groups in total. The summed E-state index contributed by atoms with van der Waals surface area (Å²) in [6, 6.07) is 0. The molecule has 0 rings (SSSR count). The van der Waals surface area contributed by atoms with Gasteiger partial charge >= 0.3 is 5.97 Å². The highest BCUT2D eigenvalue weighted by Gasteiger charge is 2.29. The zero-order valence-corrected chi connectivity index (χ0v) is 16.2. The standard InChI is InChI=1S/C18H36O5S/c1-16(2)14-12-10-8-6-4-3-5-7-9-11-13-15-17(18(19)20)24(21,22)23/h16-17H,3-15H2,1-2H3,(H,19,20)(H,21,22,23). The van der Waals surface area contributed by atoms with Gasteiger partial charge in [-0.1, -0.05) is 90.9 Å². The van der Waals surface area contributed by atoms with Crippen molar-refractivity contribution in [1.29, 1.82) is 0 Å². The number of carboxylic acid groups (broad SMARTS) is 1. The average molecular weight is 365 g/mol. The van der Waals surface area contributed by atoms with Crippen LogP contribution in [0.1, 0.15) is 97.3 Å². The van der Waals surface area contributed by atoms with Crippen LogP contribution in [0.2, 0.25) is 0 Å². The molecule has 0 aliphatic heterocycles. The Morgan fingerprint density at radius 2 is 1.08 bits per heavy atom. The molecule has 0 aromatic heterocycles. The molecule has 0 amide bonds. The molecule has 0 aliphatic rings. The van der Waals surface area contributed by atoms with Gasteiger partial charge in [0.25, 0.3) is 10.1 Å². The minimum absolute atomic E-state index is 0.00938. The van der Waals surface area contributed by atoms with Crippen molar-refractivity contribution < 1.29 is 22.9 Å². The molecule has 0 saturated heterocycles. The van der Waals surface area contributed by atoms with Crippen LogP contribution in [0.5, 0.6) is 0 Å². The molecule has 24 heavy (non-hydrogen) atoms. The lowest BCUT2D eigenvalue weighted by Gasteiger charge is -2.08. The van der Waals surface area contributed by atoms with Gasteiger partial charge in [0.1, 0.15) is 0 Å². The van der Waals surface area contributed by atoms with Gasteiger partial charge in [-0.2, -0.15) is 8.42 Å². The highest BCUT2D eigenvalue weighted by Crippen LogP contribution is 2.15. The minimum Gasteiger partial charge on any atom is -0.480 e. The molecular weight excluding hydrogens is 328 g/mol. The van der Waals surface area contributed by atoms with Crippen molar-refractivity contribution in [3.05, 3.63) is 0 Å². The van der Waals surface area contributed by atoms with Gasteiger partial charge < -0.3 is 5.11 Å². The van der Waals surface area contributed by atoms with Crippen molar-refractivity contribution in [2.45, 2.75) is 103 Å². The minimum atomic E-state index is -4.48. The van der Waals surface area contributed by atoms with Crippen LogP contribution in [0.4, 0.5) is 0 Å². The summed E-state index contributed by atoms with van der Waals surface area (Å²) < 4.78 is 30.7. The lowest BCUT2D eigenvalue weighted by molar-refractivity contribution is -0.136. The van der Waals surface area contributed by atoms with Crippen LogP contribution in [0.3, 0.4) is 0 Å². The number of carboxylic acids is 1. The molecule has 144 valence electrons. The maximum atomic E-state index is 10.9. The Morgan fingerprint density at radius 1 is 0.750 bits per heavy atom. The Labute approximate surface area is 148 Å². The van der Waals surface area contributed by atoms with Crippen LogP contribution in [0, 0.1) is 5.92 Å². The SMILES string of the molecule is CC(C)CCCCCCCCCCCCCC(C(=O)O)S(=O)(=O)O. The van der Waals surface area contributed by atoms with Gasteiger partial charge in [-0.05, 0) is 12.3 Å². The first-order chi connectivity index (χ1) is 11.2. The van der Waals surface area contributed by atoms with Crippen LogP contribution >= 0.6 is 0 Å². The van der Waals surface area contributed by atoms with Crippen molar-refractivity contribution in [1.82, 2.24) is 0 Å². The Bertz CT molecular complexity index is 417. The van der Waals surface area contributed by atoms with Crippen LogP contribution in [-0.2, 0) is 14.9 Å². The zero-order valence-electron chi connectivity index (χ0n) is 15.4. The third-order valence-electron chi connectivity index (χ3n) is 4.38. The van der Waals surface area contributed by atoms with Gasteiger partial charge in [0, 0.05) is 0 Å². The molecule has 0 aromatic carbocycles. The molecule has 0 radical (unpaired) electrons. The van der Waals surface area contributed by atoms with Gasteiger partial charge in [-0.15, -0.1) is 0 Å². The van der Waals surface area contributed by atoms with Gasteiger partial charge in [-0.25, -0.2) is 0 Å². The third kappa shape index (κ3) is 13.8. The van der Waals surface area contributed by atoms with Gasteiger partial charge in [0.05, 0.1) is 0 Å². The highest BCUT2D eigenvalue weighted by molar-refractivity contribution is 7.87. The van der Waals surface area contributed by atoms with Crippen molar-refractivity contribution in [3.8, 4) is 0 Å². The maximum absolute atomic E-state index is 10.9. The van der Waals surface area contributed by atoms with E-state index in [4.69, 9.17) is 9.66 Å². The number of hydrogen-bond donors (Lipinski definition) is 2. The summed E-state index contributed by atoms with van der Waals surface area (Å²) in [4.78, 5) is 10.8. The van der Waals surface area contributed by atoms with E-state index in [-0.39, 0.29) is 6.42 Å². The van der Waals surface area contributed by atoms with E-state index >= 15 is 0 Å². The number of hydrogen-bond acceptors (Lipinski definition) is 3. The second-order valence-corrected chi connectivity index (χ2v) is 8.80. The molecule has 0 spiro atoms. The van der Waals surface area contributed by atoms with Crippen molar-refractivity contribution >= 4 is 16.1 Å². The Morgan fingerprint density at radius 3 is 1.38 bits per heavy atom. The van der Waals surface area contributed by atoms with Gasteiger partial charge in [0.15, 0.2) is 5.25 Å². The van der Waals surface area contributed by atoms with Crippen molar-refractivity contribution in [2.24, 2.45) is 5.92 Å². The average Bonchev–Trinajstić information content (AvgIpc) is 2.45. The van der Waals surface area contributed by atoms with E-state index in [0.717, 1.165) is 25.2 Å². The topological polar surface area (TPSA) is 91.7 Å². The second kappa shape index (κ2) is 13.6. The van der Waals surface area contributed by atoms with E-state index < -0.39 is 21.3 Å². The van der Waals surface area contributed by atoms with Gasteiger partial charge in [0.2, 0.25) is 0 Å². The predicted octanol–water partition coefficient (Wildman–Crippen LogP) is 5.05. The molecule has 0 aromatic rings. The number of aliphatic carboxylic acids is 1. The lowest BCUT2D eigenvalue weighted by Crippen LogP contribution is -2.29. The Hall–Kier alpha value is -0.620. The monoisotopic (exact) mass is 364 g/mol. The Balaban J connectivity index is 3.41. The molecule has 0 bridgehead atoms. The molecular formula is C18H36O5S. The fraction of sp³-hybridized carbons (Fsp3) is 0.944.